The molecule has 2 aromatic heterocycles. The second-order valence-corrected chi connectivity index (χ2v) is 11.5. The van der Waals surface area contributed by atoms with E-state index in [4.69, 9.17) is 9.47 Å². The van der Waals surface area contributed by atoms with Crippen LogP contribution in [0.15, 0.2) is 59.3 Å². The number of aryl methyl sites for hydroxylation is 1. The number of carbonyl (C=O) groups excluding carboxylic acids is 1. The molecular weight excluding hydrogens is 466 g/mol. The Morgan fingerprint density at radius 1 is 1.12 bits per heavy atom. The number of ether oxygens (including phenoxy) is 2. The van der Waals surface area contributed by atoms with E-state index >= 15 is 0 Å². The van der Waals surface area contributed by atoms with Gasteiger partial charge in [-0.15, -0.1) is 22.7 Å². The number of hydrogen-bond donors (Lipinski definition) is 1. The van der Waals surface area contributed by atoms with E-state index < -0.39 is 11.6 Å². The number of nitrogens with zero attached hydrogens (tertiary/aromatic N) is 1. The quantitative estimate of drug-likeness (QED) is 0.337. The number of thiophene rings is 2. The number of carbonyl (C=O) groups is 1. The summed E-state index contributed by atoms with van der Waals surface area (Å²) in [5.41, 5.74) is -0.584. The van der Waals surface area contributed by atoms with E-state index in [0.29, 0.717) is 15.7 Å². The third-order valence-electron chi connectivity index (χ3n) is 7.49. The zero-order valence-electron chi connectivity index (χ0n) is 19.7. The molecule has 5 nitrogen and oxygen atoms in total. The van der Waals surface area contributed by atoms with Gasteiger partial charge in [0.15, 0.2) is 6.10 Å². The van der Waals surface area contributed by atoms with Crippen molar-refractivity contribution in [2.45, 2.75) is 51.0 Å². The van der Waals surface area contributed by atoms with Crippen LogP contribution in [-0.2, 0) is 15.1 Å². The lowest BCUT2D eigenvalue weighted by Gasteiger charge is -2.54. The fraction of sp³-hybridized carbons (Fsp3) is 0.444. The SMILES string of the molecule is CCC(Oc1cccc(C)c1)[N+]12CCC(CC1)C(OC(=O)C(O)(c1cccs1)c1cccs1)C2. The van der Waals surface area contributed by atoms with Crippen LogP contribution >= 0.6 is 22.7 Å². The van der Waals surface area contributed by atoms with E-state index in [-0.39, 0.29) is 12.3 Å². The molecule has 180 valence electrons. The molecule has 6 rings (SSSR count). The third-order valence-corrected chi connectivity index (χ3v) is 9.45. The van der Waals surface area contributed by atoms with E-state index in [0.717, 1.165) is 49.1 Å². The van der Waals surface area contributed by atoms with E-state index in [1.807, 2.05) is 35.0 Å². The molecule has 0 aliphatic carbocycles. The first-order valence-corrected chi connectivity index (χ1v) is 13.8. The Labute approximate surface area is 209 Å². The van der Waals surface area contributed by atoms with Gasteiger partial charge in [-0.1, -0.05) is 31.2 Å². The zero-order chi connectivity index (χ0) is 23.8. The molecule has 3 aliphatic rings. The molecule has 2 atom stereocenters. The van der Waals surface area contributed by atoms with Gasteiger partial charge in [0.25, 0.3) is 0 Å². The lowest BCUT2D eigenvalue weighted by atomic mass is 9.82. The molecular formula is C27H32NO4S2+. The third kappa shape index (κ3) is 4.19. The van der Waals surface area contributed by atoms with Gasteiger partial charge in [-0.25, -0.2) is 4.79 Å². The van der Waals surface area contributed by atoms with Crippen LogP contribution < -0.4 is 4.74 Å². The summed E-state index contributed by atoms with van der Waals surface area (Å²) < 4.78 is 13.5. The average Bonchev–Trinajstić information content (AvgIpc) is 3.58. The molecule has 34 heavy (non-hydrogen) atoms. The number of piperidine rings is 3. The molecule has 1 aromatic carbocycles. The van der Waals surface area contributed by atoms with E-state index in [1.165, 1.54) is 28.2 Å². The lowest BCUT2D eigenvalue weighted by molar-refractivity contribution is -0.984. The second kappa shape index (κ2) is 9.46. The topological polar surface area (TPSA) is 55.8 Å². The molecule has 2 unspecified atom stereocenters. The summed E-state index contributed by atoms with van der Waals surface area (Å²) in [6, 6.07) is 15.5. The van der Waals surface area contributed by atoms with Gasteiger partial charge in [-0.2, -0.15) is 0 Å². The summed E-state index contributed by atoms with van der Waals surface area (Å²) in [6.45, 7) is 7.03. The number of fused-ring (bicyclic) bond motifs is 3. The molecule has 0 saturated carbocycles. The first-order chi connectivity index (χ1) is 16.4. The molecule has 0 amide bonds. The Balaban J connectivity index is 1.37. The molecule has 3 aliphatic heterocycles. The Bertz CT molecular complexity index is 1070. The van der Waals surface area contributed by atoms with Crippen LogP contribution in [0, 0.1) is 12.8 Å². The van der Waals surface area contributed by atoms with Gasteiger partial charge >= 0.3 is 5.97 Å². The highest BCUT2D eigenvalue weighted by atomic mass is 32.1. The Kier molecular flexibility index (Phi) is 6.55. The number of quaternary nitrogens is 1. The number of hydrogen-bond acceptors (Lipinski definition) is 6. The molecule has 0 spiro atoms. The van der Waals surface area contributed by atoms with Crippen LogP contribution in [0.4, 0.5) is 0 Å². The number of aliphatic hydroxyl groups is 1. The Hall–Kier alpha value is -2.19. The van der Waals surface area contributed by atoms with Crippen molar-refractivity contribution < 1.29 is 23.9 Å². The highest BCUT2D eigenvalue weighted by Gasteiger charge is 2.54. The molecule has 3 aromatic rings. The molecule has 1 N–H and O–H groups in total. The minimum atomic E-state index is -1.76. The van der Waals surface area contributed by atoms with Crippen LogP contribution in [0.3, 0.4) is 0 Å². The van der Waals surface area contributed by atoms with Crippen molar-refractivity contribution in [1.82, 2.24) is 0 Å². The van der Waals surface area contributed by atoms with Gasteiger partial charge in [-0.05, 0) is 47.5 Å². The molecule has 5 heterocycles. The number of esters is 1. The summed E-state index contributed by atoms with van der Waals surface area (Å²) >= 11 is 2.75. The Morgan fingerprint density at radius 2 is 1.79 bits per heavy atom. The summed E-state index contributed by atoms with van der Waals surface area (Å²) in [7, 11) is 0. The Morgan fingerprint density at radius 3 is 2.35 bits per heavy atom. The predicted molar refractivity (Wildman–Crippen MR) is 135 cm³/mol. The second-order valence-electron chi connectivity index (χ2n) is 9.59. The number of rotatable bonds is 8. The van der Waals surface area contributed by atoms with Gasteiger partial charge in [0, 0.05) is 25.2 Å². The monoisotopic (exact) mass is 498 g/mol. The summed E-state index contributed by atoms with van der Waals surface area (Å²) in [5, 5.41) is 15.4. The van der Waals surface area contributed by atoms with Gasteiger partial charge in [0.2, 0.25) is 11.8 Å². The molecule has 3 fully saturated rings. The van der Waals surface area contributed by atoms with Crippen molar-refractivity contribution in [1.29, 1.82) is 0 Å². The van der Waals surface area contributed by atoms with Crippen molar-refractivity contribution in [2.24, 2.45) is 5.92 Å². The van der Waals surface area contributed by atoms with Crippen molar-refractivity contribution in [3.05, 3.63) is 74.6 Å². The summed E-state index contributed by atoms with van der Waals surface area (Å²) in [6.07, 6.45) is 2.67. The predicted octanol–water partition coefficient (Wildman–Crippen LogP) is 5.32. The highest BCUT2D eigenvalue weighted by Crippen LogP contribution is 2.42. The fourth-order valence-electron chi connectivity index (χ4n) is 5.65. The maximum absolute atomic E-state index is 13.6. The van der Waals surface area contributed by atoms with Crippen LogP contribution in [0.1, 0.15) is 41.5 Å². The van der Waals surface area contributed by atoms with Gasteiger partial charge in [0.05, 0.1) is 22.8 Å². The van der Waals surface area contributed by atoms with Gasteiger partial charge < -0.3 is 14.6 Å². The molecule has 2 bridgehead atoms. The zero-order valence-corrected chi connectivity index (χ0v) is 21.3. The van der Waals surface area contributed by atoms with Crippen molar-refractivity contribution in [3.63, 3.8) is 0 Å². The number of benzene rings is 1. The molecule has 3 saturated heterocycles. The maximum atomic E-state index is 13.6. The molecule has 0 radical (unpaired) electrons. The van der Waals surface area contributed by atoms with E-state index in [1.54, 1.807) is 12.1 Å². The molecule has 7 heteroatoms. The minimum Gasteiger partial charge on any atom is -0.453 e. The smallest absolute Gasteiger partial charge is 0.349 e. The maximum Gasteiger partial charge on any atom is 0.349 e. The van der Waals surface area contributed by atoms with E-state index in [2.05, 4.69) is 26.0 Å². The van der Waals surface area contributed by atoms with Crippen LogP contribution in [0.2, 0.25) is 0 Å². The van der Waals surface area contributed by atoms with Crippen LogP contribution in [0.25, 0.3) is 0 Å². The van der Waals surface area contributed by atoms with Crippen LogP contribution in [0.5, 0.6) is 5.75 Å². The van der Waals surface area contributed by atoms with Crippen LogP contribution in [-0.4, -0.2) is 47.5 Å². The average molecular weight is 499 g/mol. The summed E-state index contributed by atoms with van der Waals surface area (Å²) in [5.74, 6) is 0.656. The first kappa shape index (κ1) is 23.5. The van der Waals surface area contributed by atoms with Crippen molar-refractivity contribution in [2.75, 3.05) is 19.6 Å². The highest BCUT2D eigenvalue weighted by molar-refractivity contribution is 7.12. The van der Waals surface area contributed by atoms with Crippen molar-refractivity contribution in [3.8, 4) is 5.75 Å². The lowest BCUT2D eigenvalue weighted by Crippen LogP contribution is -2.69. The largest absolute Gasteiger partial charge is 0.453 e. The standard InChI is InChI=1S/C27H32NO4S2/c1-3-25(31-21-8-4-7-19(2)17-21)28-13-11-20(12-14-28)22(18-28)32-26(29)27(30,23-9-5-15-33-23)24-10-6-16-34-24/h4-10,15-17,20,22,25,30H,3,11-14,18H2,1-2H3/q+1. The van der Waals surface area contributed by atoms with Gasteiger partial charge in [-0.3, -0.25) is 4.48 Å². The normalized spacial score (nSPS) is 25.1. The minimum absolute atomic E-state index is 0.0118. The fourth-order valence-corrected chi connectivity index (χ4v) is 7.36. The van der Waals surface area contributed by atoms with E-state index in [9.17, 15) is 9.90 Å². The van der Waals surface area contributed by atoms with Gasteiger partial charge in [0.1, 0.15) is 12.3 Å². The first-order valence-electron chi connectivity index (χ1n) is 12.0. The summed E-state index contributed by atoms with van der Waals surface area (Å²) in [4.78, 5) is 14.8. The van der Waals surface area contributed by atoms with Crippen molar-refractivity contribution >= 4 is 28.6 Å².